The Hall–Kier alpha value is -3.85. The average molecular weight is 739 g/mol. The van der Waals surface area contributed by atoms with Crippen molar-refractivity contribution in [1.29, 1.82) is 0 Å². The van der Waals surface area contributed by atoms with Gasteiger partial charge in [0.2, 0.25) is 5.82 Å². The highest BCUT2D eigenvalue weighted by Gasteiger charge is 2.18. The lowest BCUT2D eigenvalue weighted by Gasteiger charge is -2.13. The number of nitrogens with zero attached hydrogens (tertiary/aromatic N) is 5. The molecule has 0 saturated heterocycles. The number of hydrogen-bond donors (Lipinski definition) is 1. The van der Waals surface area contributed by atoms with Crippen LogP contribution in [0.5, 0.6) is 0 Å². The SMILES string of the molecule is CCCCc1nc(Cl)c(CCC(=O)COCC(=O)CCCOCCOCCOCCOCC)n1Cc1ccc(-c2ccccc2-c2nn[nH]n2)cc1. The van der Waals surface area contributed by atoms with Gasteiger partial charge in [0.15, 0.2) is 16.7 Å². The highest BCUT2D eigenvalue weighted by Crippen LogP contribution is 2.30. The fourth-order valence-electron chi connectivity index (χ4n) is 5.49. The monoisotopic (exact) mass is 738 g/mol. The van der Waals surface area contributed by atoms with Crippen molar-refractivity contribution < 1.29 is 33.3 Å². The molecule has 0 amide bonds. The summed E-state index contributed by atoms with van der Waals surface area (Å²) in [7, 11) is 0. The lowest BCUT2D eigenvalue weighted by molar-refractivity contribution is -0.128. The van der Waals surface area contributed by atoms with E-state index in [1.165, 1.54) is 0 Å². The predicted octanol–water partition coefficient (Wildman–Crippen LogP) is 5.73. The van der Waals surface area contributed by atoms with Gasteiger partial charge in [0.05, 0.1) is 45.3 Å². The topological polar surface area (TPSA) is 153 Å². The van der Waals surface area contributed by atoms with Crippen molar-refractivity contribution in [3.63, 3.8) is 0 Å². The van der Waals surface area contributed by atoms with Crippen LogP contribution in [0.1, 0.15) is 63.0 Å². The fourth-order valence-corrected chi connectivity index (χ4v) is 5.78. The first-order chi connectivity index (χ1) is 25.5. The number of aromatic amines is 1. The van der Waals surface area contributed by atoms with Crippen molar-refractivity contribution in [2.75, 3.05) is 66.1 Å². The Morgan fingerprint density at radius 2 is 1.40 bits per heavy atom. The zero-order valence-electron chi connectivity index (χ0n) is 30.3. The maximum Gasteiger partial charge on any atom is 0.205 e. The van der Waals surface area contributed by atoms with Gasteiger partial charge in [-0.15, -0.1) is 10.2 Å². The lowest BCUT2D eigenvalue weighted by atomic mass is 9.98. The van der Waals surface area contributed by atoms with E-state index in [4.69, 9.17) is 35.3 Å². The molecule has 0 aliphatic carbocycles. The van der Waals surface area contributed by atoms with Gasteiger partial charge in [-0.05, 0) is 48.1 Å². The number of benzene rings is 2. The van der Waals surface area contributed by atoms with E-state index in [-0.39, 0.29) is 31.2 Å². The van der Waals surface area contributed by atoms with Gasteiger partial charge in [-0.2, -0.15) is 5.21 Å². The first-order valence-corrected chi connectivity index (χ1v) is 18.5. The van der Waals surface area contributed by atoms with E-state index < -0.39 is 0 Å². The molecule has 282 valence electrons. The van der Waals surface area contributed by atoms with E-state index in [0.29, 0.717) is 89.6 Å². The number of hydrogen-bond acceptors (Lipinski definition) is 11. The maximum atomic E-state index is 12.8. The van der Waals surface area contributed by atoms with Crippen LogP contribution >= 0.6 is 11.6 Å². The number of halogens is 1. The molecule has 2 heterocycles. The summed E-state index contributed by atoms with van der Waals surface area (Å²) in [4.78, 5) is 29.7. The number of carbonyl (C=O) groups excluding carboxylic acids is 2. The summed E-state index contributed by atoms with van der Waals surface area (Å²) >= 11 is 6.66. The predicted molar refractivity (Wildman–Crippen MR) is 197 cm³/mol. The van der Waals surface area contributed by atoms with Crippen LogP contribution in [0.3, 0.4) is 0 Å². The van der Waals surface area contributed by atoms with Crippen LogP contribution in [0, 0.1) is 0 Å². The number of H-pyrrole nitrogens is 1. The zero-order valence-corrected chi connectivity index (χ0v) is 31.1. The van der Waals surface area contributed by atoms with Gasteiger partial charge < -0.3 is 28.3 Å². The van der Waals surface area contributed by atoms with Gasteiger partial charge >= 0.3 is 0 Å². The standard InChI is InChI=1S/C38H51ClN6O7/c1-3-5-12-36-40-37(39)35(45(36)26-29-13-15-30(16-14-29)33-10-6-7-11-34(33)38-41-43-44-42-38)18-17-32(47)28-52-27-31(46)9-8-19-49-22-23-51-25-24-50-21-20-48-4-2/h6-7,10-11,13-16H,3-5,8-9,12,17-28H2,1-2H3,(H,41,42,43,44). The molecule has 13 nitrogen and oxygen atoms in total. The van der Waals surface area contributed by atoms with Crippen molar-refractivity contribution >= 4 is 23.2 Å². The second kappa shape index (κ2) is 23.7. The van der Waals surface area contributed by atoms with Gasteiger partial charge in [0, 0.05) is 44.6 Å². The third-order valence-corrected chi connectivity index (χ3v) is 8.51. The summed E-state index contributed by atoms with van der Waals surface area (Å²) in [6, 6.07) is 16.3. The molecule has 2 aromatic carbocycles. The number of ketones is 2. The molecule has 0 spiro atoms. The van der Waals surface area contributed by atoms with Crippen molar-refractivity contribution in [1.82, 2.24) is 30.2 Å². The smallest absolute Gasteiger partial charge is 0.205 e. The van der Waals surface area contributed by atoms with Crippen molar-refractivity contribution in [3.8, 4) is 22.5 Å². The molecular formula is C38H51ClN6O7. The van der Waals surface area contributed by atoms with Crippen molar-refractivity contribution in [2.45, 2.75) is 65.3 Å². The number of carbonyl (C=O) groups is 2. The number of rotatable bonds is 28. The summed E-state index contributed by atoms with van der Waals surface area (Å²) in [6.45, 7) is 8.63. The van der Waals surface area contributed by atoms with Crippen LogP contribution in [0.2, 0.25) is 5.15 Å². The van der Waals surface area contributed by atoms with Gasteiger partial charge in [0.25, 0.3) is 0 Å². The summed E-state index contributed by atoms with van der Waals surface area (Å²) in [6.07, 6.45) is 4.35. The van der Waals surface area contributed by atoms with Crippen molar-refractivity contribution in [3.05, 3.63) is 70.8 Å². The minimum Gasteiger partial charge on any atom is -0.379 e. The second-order valence-electron chi connectivity index (χ2n) is 12.1. The third-order valence-electron chi connectivity index (χ3n) is 8.21. The molecule has 0 radical (unpaired) electrons. The van der Waals surface area contributed by atoms with E-state index in [0.717, 1.165) is 53.0 Å². The molecule has 0 fully saturated rings. The number of aryl methyl sites for hydroxylation is 1. The summed E-state index contributed by atoms with van der Waals surface area (Å²) in [5, 5.41) is 14.9. The summed E-state index contributed by atoms with van der Waals surface area (Å²) < 4.78 is 29.1. The molecular weight excluding hydrogens is 688 g/mol. The van der Waals surface area contributed by atoms with Crippen LogP contribution in [0.4, 0.5) is 0 Å². The summed E-state index contributed by atoms with van der Waals surface area (Å²) in [5.41, 5.74) is 4.83. The van der Waals surface area contributed by atoms with Gasteiger partial charge in [-0.3, -0.25) is 9.59 Å². The molecule has 0 unspecified atom stereocenters. The molecule has 0 saturated carbocycles. The Morgan fingerprint density at radius 3 is 2.06 bits per heavy atom. The molecule has 0 aliphatic heterocycles. The molecule has 0 aliphatic rings. The normalized spacial score (nSPS) is 11.4. The van der Waals surface area contributed by atoms with Gasteiger partial charge in [-0.25, -0.2) is 4.98 Å². The van der Waals surface area contributed by atoms with E-state index in [2.05, 4.69) is 61.4 Å². The molecule has 2 aromatic heterocycles. The lowest BCUT2D eigenvalue weighted by Crippen LogP contribution is -2.17. The number of nitrogens with one attached hydrogen (secondary N) is 1. The van der Waals surface area contributed by atoms with Crippen LogP contribution < -0.4 is 0 Å². The van der Waals surface area contributed by atoms with Crippen molar-refractivity contribution in [2.24, 2.45) is 0 Å². The highest BCUT2D eigenvalue weighted by atomic mass is 35.5. The number of aromatic nitrogens is 6. The minimum atomic E-state index is -0.129. The maximum absolute atomic E-state index is 12.8. The van der Waals surface area contributed by atoms with E-state index in [1.807, 2.05) is 31.2 Å². The van der Waals surface area contributed by atoms with Crippen LogP contribution in [0.25, 0.3) is 22.5 Å². The first kappa shape index (κ1) is 40.9. The van der Waals surface area contributed by atoms with Crippen LogP contribution in [0.15, 0.2) is 48.5 Å². The Balaban J connectivity index is 1.18. The zero-order chi connectivity index (χ0) is 36.8. The fraction of sp³-hybridized carbons (Fsp3) is 0.526. The molecule has 4 aromatic rings. The number of tetrazole rings is 1. The largest absolute Gasteiger partial charge is 0.379 e. The Kier molecular flexibility index (Phi) is 18.6. The number of Topliss-reactive ketones (excluding diaryl/α,β-unsaturated/α-hetero) is 2. The second-order valence-corrected chi connectivity index (χ2v) is 12.5. The minimum absolute atomic E-state index is 0.0668. The first-order valence-electron chi connectivity index (χ1n) is 18.1. The number of unbranched alkanes of at least 4 members (excludes halogenated alkanes) is 1. The average Bonchev–Trinajstić information content (AvgIpc) is 3.80. The van der Waals surface area contributed by atoms with Crippen LogP contribution in [-0.2, 0) is 52.7 Å². The van der Waals surface area contributed by atoms with E-state index in [9.17, 15) is 9.59 Å². The summed E-state index contributed by atoms with van der Waals surface area (Å²) in [5.74, 6) is 1.27. The Morgan fingerprint density at radius 1 is 0.750 bits per heavy atom. The van der Waals surface area contributed by atoms with Gasteiger partial charge in [-0.1, -0.05) is 73.5 Å². The molecule has 14 heteroatoms. The Bertz CT molecular complexity index is 1610. The van der Waals surface area contributed by atoms with E-state index in [1.54, 1.807) is 0 Å². The van der Waals surface area contributed by atoms with Gasteiger partial charge in [0.1, 0.15) is 19.0 Å². The molecule has 52 heavy (non-hydrogen) atoms. The third kappa shape index (κ3) is 13.9. The quantitative estimate of drug-likeness (QED) is 0.0712. The molecule has 1 N–H and O–H groups in total. The highest BCUT2D eigenvalue weighted by molar-refractivity contribution is 6.30. The molecule has 0 atom stereocenters. The molecule has 0 bridgehead atoms. The molecule has 4 rings (SSSR count). The number of imidazole rings is 1. The Labute approximate surface area is 310 Å². The van der Waals surface area contributed by atoms with Crippen LogP contribution in [-0.4, -0.2) is 108 Å². The van der Waals surface area contributed by atoms with E-state index >= 15 is 0 Å². The number of ether oxygens (including phenoxy) is 5.